The minimum absolute atomic E-state index is 0.192. The van der Waals surface area contributed by atoms with E-state index in [1.54, 1.807) is 26.0 Å². The van der Waals surface area contributed by atoms with Crippen LogP contribution in [0.2, 0.25) is 5.02 Å². The number of hydrogen-bond donors (Lipinski definition) is 1. The summed E-state index contributed by atoms with van der Waals surface area (Å²) < 4.78 is 5.04. The lowest BCUT2D eigenvalue weighted by Crippen LogP contribution is -2.12. The summed E-state index contributed by atoms with van der Waals surface area (Å²) in [5.74, 6) is -0.690. The Morgan fingerprint density at radius 3 is 2.53 bits per heavy atom. The summed E-state index contributed by atoms with van der Waals surface area (Å²) in [6.45, 7) is 4.90. The molecule has 0 radical (unpaired) electrons. The van der Waals surface area contributed by atoms with E-state index in [0.29, 0.717) is 16.3 Å². The van der Waals surface area contributed by atoms with Crippen LogP contribution in [-0.2, 0) is 9.53 Å². The molecule has 0 aromatic heterocycles. The summed E-state index contributed by atoms with van der Waals surface area (Å²) in [4.78, 5) is 22.6. The molecule has 92 valence electrons. The van der Waals surface area contributed by atoms with Crippen LogP contribution in [0.25, 0.3) is 0 Å². The molecule has 0 aliphatic rings. The number of rotatable bonds is 3. The minimum atomic E-state index is -0.441. The smallest absolute Gasteiger partial charge is 0.338 e. The molecular weight excluding hydrogens is 242 g/mol. The summed E-state index contributed by atoms with van der Waals surface area (Å²) in [5.41, 5.74) is 0.754. The van der Waals surface area contributed by atoms with Gasteiger partial charge in [-0.15, -0.1) is 0 Å². The van der Waals surface area contributed by atoms with Gasteiger partial charge < -0.3 is 10.1 Å². The van der Waals surface area contributed by atoms with E-state index in [4.69, 9.17) is 16.3 Å². The fourth-order valence-corrected chi connectivity index (χ4v) is 1.38. The van der Waals surface area contributed by atoms with E-state index >= 15 is 0 Å². The maximum Gasteiger partial charge on any atom is 0.338 e. The summed E-state index contributed by atoms with van der Waals surface area (Å²) in [7, 11) is 0. The van der Waals surface area contributed by atoms with Crippen LogP contribution < -0.4 is 5.32 Å². The molecule has 0 aliphatic heterocycles. The van der Waals surface area contributed by atoms with Crippen molar-refractivity contribution in [1.82, 2.24) is 0 Å². The van der Waals surface area contributed by atoms with Crippen molar-refractivity contribution < 1.29 is 14.3 Å². The van der Waals surface area contributed by atoms with Crippen molar-refractivity contribution in [3.63, 3.8) is 0 Å². The van der Waals surface area contributed by atoms with Gasteiger partial charge in [-0.05, 0) is 32.0 Å². The van der Waals surface area contributed by atoms with Gasteiger partial charge in [0.1, 0.15) is 0 Å². The number of amides is 1. The minimum Gasteiger partial charge on any atom is -0.459 e. The van der Waals surface area contributed by atoms with Gasteiger partial charge in [-0.25, -0.2) is 4.79 Å². The summed E-state index contributed by atoms with van der Waals surface area (Å²) >= 11 is 5.88. The highest BCUT2D eigenvalue weighted by Gasteiger charge is 2.12. The Morgan fingerprint density at radius 1 is 1.35 bits per heavy atom. The highest BCUT2D eigenvalue weighted by atomic mass is 35.5. The normalized spacial score (nSPS) is 10.2. The molecule has 0 saturated heterocycles. The molecule has 4 nitrogen and oxygen atoms in total. The molecule has 0 saturated carbocycles. The third-order valence-corrected chi connectivity index (χ3v) is 2.19. The summed E-state index contributed by atoms with van der Waals surface area (Å²) in [5, 5.41) is 2.92. The second-order valence-corrected chi connectivity index (χ2v) is 4.24. The van der Waals surface area contributed by atoms with Crippen LogP contribution in [0.4, 0.5) is 5.69 Å². The second-order valence-electron chi connectivity index (χ2n) is 3.83. The molecular formula is C12H14ClNO3. The van der Waals surface area contributed by atoms with Gasteiger partial charge in [0, 0.05) is 6.92 Å². The number of esters is 1. The highest BCUT2D eigenvalue weighted by Crippen LogP contribution is 2.23. The molecule has 1 aromatic rings. The molecule has 17 heavy (non-hydrogen) atoms. The Balaban J connectivity index is 2.95. The van der Waals surface area contributed by atoms with Crippen molar-refractivity contribution in [2.75, 3.05) is 5.32 Å². The molecule has 1 rings (SSSR count). The van der Waals surface area contributed by atoms with Crippen LogP contribution in [0, 0.1) is 0 Å². The van der Waals surface area contributed by atoms with Crippen LogP contribution >= 0.6 is 11.6 Å². The van der Waals surface area contributed by atoms with E-state index in [1.165, 1.54) is 13.0 Å². The Kier molecular flexibility index (Phi) is 4.52. The molecule has 0 aliphatic carbocycles. The fourth-order valence-electron chi connectivity index (χ4n) is 1.22. The van der Waals surface area contributed by atoms with E-state index < -0.39 is 5.97 Å². The molecule has 5 heteroatoms. The maximum absolute atomic E-state index is 11.6. The maximum atomic E-state index is 11.6. The number of anilines is 1. The predicted molar refractivity (Wildman–Crippen MR) is 66.3 cm³/mol. The van der Waals surface area contributed by atoms with Crippen molar-refractivity contribution in [1.29, 1.82) is 0 Å². The summed E-state index contributed by atoms with van der Waals surface area (Å²) in [6, 6.07) is 4.59. The van der Waals surface area contributed by atoms with E-state index in [2.05, 4.69) is 5.32 Å². The van der Waals surface area contributed by atoms with Crippen LogP contribution in [0.3, 0.4) is 0 Å². The number of benzene rings is 1. The van der Waals surface area contributed by atoms with Crippen molar-refractivity contribution >= 4 is 29.2 Å². The topological polar surface area (TPSA) is 55.4 Å². The average Bonchev–Trinajstić information content (AvgIpc) is 2.19. The van der Waals surface area contributed by atoms with Gasteiger partial charge in [-0.1, -0.05) is 11.6 Å². The standard InChI is InChI=1S/C12H14ClNO3/c1-7(2)17-12(16)9-4-5-10(13)11(6-9)14-8(3)15/h4-7H,1-3H3,(H,14,15). The van der Waals surface area contributed by atoms with Crippen LogP contribution in [0.5, 0.6) is 0 Å². The van der Waals surface area contributed by atoms with Crippen LogP contribution in [0.15, 0.2) is 18.2 Å². The SMILES string of the molecule is CC(=O)Nc1cc(C(=O)OC(C)C)ccc1Cl. The first-order chi connectivity index (χ1) is 7.90. The first-order valence-electron chi connectivity index (χ1n) is 5.18. The lowest BCUT2D eigenvalue weighted by molar-refractivity contribution is -0.114. The quantitative estimate of drug-likeness (QED) is 0.845. The summed E-state index contributed by atoms with van der Waals surface area (Å²) in [6.07, 6.45) is -0.192. The average molecular weight is 256 g/mol. The zero-order chi connectivity index (χ0) is 13.0. The lowest BCUT2D eigenvalue weighted by atomic mass is 10.2. The Morgan fingerprint density at radius 2 is 2.00 bits per heavy atom. The number of halogens is 1. The molecule has 1 amide bonds. The molecule has 1 aromatic carbocycles. The molecule has 0 unspecified atom stereocenters. The van der Waals surface area contributed by atoms with Crippen molar-refractivity contribution in [3.8, 4) is 0 Å². The zero-order valence-electron chi connectivity index (χ0n) is 9.91. The number of carbonyl (C=O) groups is 2. The Hall–Kier alpha value is -1.55. The Bertz CT molecular complexity index is 443. The number of ether oxygens (including phenoxy) is 1. The van der Waals surface area contributed by atoms with Gasteiger partial charge in [0.2, 0.25) is 5.91 Å². The molecule has 0 bridgehead atoms. The van der Waals surface area contributed by atoms with Crippen LogP contribution in [0.1, 0.15) is 31.1 Å². The van der Waals surface area contributed by atoms with Crippen LogP contribution in [-0.4, -0.2) is 18.0 Å². The van der Waals surface area contributed by atoms with Gasteiger partial charge in [-0.2, -0.15) is 0 Å². The third-order valence-electron chi connectivity index (χ3n) is 1.86. The van der Waals surface area contributed by atoms with Crippen molar-refractivity contribution in [2.45, 2.75) is 26.9 Å². The molecule has 0 heterocycles. The van der Waals surface area contributed by atoms with Crippen molar-refractivity contribution in [3.05, 3.63) is 28.8 Å². The fraction of sp³-hybridized carbons (Fsp3) is 0.333. The third kappa shape index (κ3) is 4.07. The lowest BCUT2D eigenvalue weighted by Gasteiger charge is -2.10. The van der Waals surface area contributed by atoms with Gasteiger partial charge in [0.25, 0.3) is 0 Å². The monoisotopic (exact) mass is 255 g/mol. The number of hydrogen-bond acceptors (Lipinski definition) is 3. The van der Waals surface area contributed by atoms with E-state index in [1.807, 2.05) is 0 Å². The van der Waals surface area contributed by atoms with Crippen molar-refractivity contribution in [2.24, 2.45) is 0 Å². The first kappa shape index (κ1) is 13.5. The molecule has 1 N–H and O–H groups in total. The zero-order valence-corrected chi connectivity index (χ0v) is 10.7. The second kappa shape index (κ2) is 5.68. The largest absolute Gasteiger partial charge is 0.459 e. The number of nitrogens with one attached hydrogen (secondary N) is 1. The Labute approximate surface area is 105 Å². The van der Waals surface area contributed by atoms with E-state index in [9.17, 15) is 9.59 Å². The van der Waals surface area contributed by atoms with Gasteiger partial charge in [0.05, 0.1) is 22.4 Å². The molecule has 0 atom stereocenters. The highest BCUT2D eigenvalue weighted by molar-refractivity contribution is 6.33. The first-order valence-corrected chi connectivity index (χ1v) is 5.56. The van der Waals surface area contributed by atoms with Gasteiger partial charge in [-0.3, -0.25) is 4.79 Å². The predicted octanol–water partition coefficient (Wildman–Crippen LogP) is 2.86. The number of carbonyl (C=O) groups excluding carboxylic acids is 2. The van der Waals surface area contributed by atoms with E-state index in [-0.39, 0.29) is 12.0 Å². The van der Waals surface area contributed by atoms with Gasteiger partial charge in [0.15, 0.2) is 0 Å². The molecule has 0 spiro atoms. The van der Waals surface area contributed by atoms with Gasteiger partial charge >= 0.3 is 5.97 Å². The van der Waals surface area contributed by atoms with E-state index in [0.717, 1.165) is 0 Å². The molecule has 0 fully saturated rings.